The third-order valence-electron chi connectivity index (χ3n) is 1.18. The summed E-state index contributed by atoms with van der Waals surface area (Å²) in [4.78, 5) is 10.5. The Morgan fingerprint density at radius 3 is 2.40 bits per heavy atom. The van der Waals surface area contributed by atoms with Gasteiger partial charge in [0.2, 0.25) is 5.91 Å². The molecule has 0 aromatic heterocycles. The zero-order chi connectivity index (χ0) is 7.28. The summed E-state index contributed by atoms with van der Waals surface area (Å²) in [6, 6.07) is -0.206. The standard InChI is InChI=1S/C6H13N2O.V/c1-3-4-5(8-2)6(7)9;/h5,8H,1,3-4H2,2H3,(H2,7,9);/q-1;. The number of nitrogens with one attached hydrogen (secondary N) is 1. The minimum Gasteiger partial charge on any atom is -0.368 e. The van der Waals surface area contributed by atoms with Crippen LogP contribution in [0.5, 0.6) is 0 Å². The number of primary amides is 1. The minimum atomic E-state index is -0.304. The quantitative estimate of drug-likeness (QED) is 0.582. The first-order valence-corrected chi connectivity index (χ1v) is 2.98. The number of amides is 1. The summed E-state index contributed by atoms with van der Waals surface area (Å²) >= 11 is 0. The van der Waals surface area contributed by atoms with Crippen molar-refractivity contribution in [1.82, 2.24) is 5.32 Å². The van der Waals surface area contributed by atoms with E-state index in [1.54, 1.807) is 7.05 Å². The van der Waals surface area contributed by atoms with Crippen LogP contribution in [-0.4, -0.2) is 19.0 Å². The van der Waals surface area contributed by atoms with Crippen molar-refractivity contribution in [3.63, 3.8) is 0 Å². The molecule has 0 aliphatic rings. The maximum Gasteiger partial charge on any atom is 0.234 e. The molecule has 0 spiro atoms. The van der Waals surface area contributed by atoms with Gasteiger partial charge in [-0.2, -0.15) is 6.42 Å². The van der Waals surface area contributed by atoms with Crippen molar-refractivity contribution in [1.29, 1.82) is 0 Å². The summed E-state index contributed by atoms with van der Waals surface area (Å²) in [5.41, 5.74) is 5.00. The Labute approximate surface area is 73.6 Å². The van der Waals surface area contributed by atoms with Crippen LogP contribution in [0.2, 0.25) is 0 Å². The fourth-order valence-electron chi connectivity index (χ4n) is 0.633. The van der Waals surface area contributed by atoms with E-state index < -0.39 is 0 Å². The van der Waals surface area contributed by atoms with Gasteiger partial charge in [0.1, 0.15) is 0 Å². The van der Waals surface area contributed by atoms with Gasteiger partial charge in [0.25, 0.3) is 0 Å². The molecule has 59 valence electrons. The van der Waals surface area contributed by atoms with Crippen LogP contribution in [0.25, 0.3) is 0 Å². The molecule has 0 saturated carbocycles. The first-order chi connectivity index (χ1) is 4.22. The molecule has 0 aromatic rings. The minimum absolute atomic E-state index is 0. The van der Waals surface area contributed by atoms with Gasteiger partial charge in [0, 0.05) is 18.6 Å². The van der Waals surface area contributed by atoms with E-state index in [2.05, 4.69) is 12.2 Å². The number of carbonyl (C=O) groups is 1. The Kier molecular flexibility index (Phi) is 9.03. The van der Waals surface area contributed by atoms with Crippen LogP contribution in [0.15, 0.2) is 0 Å². The Balaban J connectivity index is 0. The molecule has 0 fully saturated rings. The van der Waals surface area contributed by atoms with Crippen LogP contribution < -0.4 is 11.1 Å². The van der Waals surface area contributed by atoms with E-state index in [1.807, 2.05) is 0 Å². The monoisotopic (exact) mass is 180 g/mol. The molecule has 10 heavy (non-hydrogen) atoms. The van der Waals surface area contributed by atoms with Crippen molar-refractivity contribution in [3.05, 3.63) is 6.92 Å². The number of likely N-dealkylation sites (N-methyl/N-ethyl adjacent to an activating group) is 1. The predicted octanol–water partition coefficient (Wildman–Crippen LogP) is -0.329. The van der Waals surface area contributed by atoms with Crippen LogP contribution >= 0.6 is 0 Å². The summed E-state index contributed by atoms with van der Waals surface area (Å²) in [5, 5.41) is 2.79. The molecule has 3 N–H and O–H groups in total. The fourth-order valence-corrected chi connectivity index (χ4v) is 0.633. The Morgan fingerprint density at radius 2 is 2.30 bits per heavy atom. The average Bonchev–Trinajstić information content (AvgIpc) is 1.82. The molecule has 0 bridgehead atoms. The van der Waals surface area contributed by atoms with Crippen molar-refractivity contribution >= 4 is 5.91 Å². The second kappa shape index (κ2) is 7.13. The number of rotatable bonds is 4. The summed E-state index contributed by atoms with van der Waals surface area (Å²) in [6.45, 7) is 3.61. The number of carbonyl (C=O) groups excluding carboxylic acids is 1. The topological polar surface area (TPSA) is 55.1 Å². The van der Waals surface area contributed by atoms with Gasteiger partial charge in [-0.15, -0.1) is 0 Å². The smallest absolute Gasteiger partial charge is 0.234 e. The maximum atomic E-state index is 10.5. The number of hydrogen-bond acceptors (Lipinski definition) is 2. The molecule has 1 unspecified atom stereocenters. The van der Waals surface area contributed by atoms with Crippen LogP contribution in [0.1, 0.15) is 12.8 Å². The second-order valence-corrected chi connectivity index (χ2v) is 1.89. The van der Waals surface area contributed by atoms with E-state index >= 15 is 0 Å². The van der Waals surface area contributed by atoms with Gasteiger partial charge in [-0.1, -0.05) is 6.42 Å². The maximum absolute atomic E-state index is 10.5. The molecule has 0 aliphatic heterocycles. The molecule has 1 amide bonds. The van der Waals surface area contributed by atoms with Gasteiger partial charge in [-0.25, -0.2) is 0 Å². The van der Waals surface area contributed by atoms with Gasteiger partial charge in [0.15, 0.2) is 0 Å². The molecular weight excluding hydrogens is 167 g/mol. The van der Waals surface area contributed by atoms with Crippen molar-refractivity contribution in [2.45, 2.75) is 18.9 Å². The zero-order valence-corrected chi connectivity index (χ0v) is 7.53. The molecule has 4 heteroatoms. The third kappa shape index (κ3) is 4.85. The molecular formula is C6H13N2OV-. The third-order valence-corrected chi connectivity index (χ3v) is 1.18. The molecule has 3 nitrogen and oxygen atoms in total. The van der Waals surface area contributed by atoms with Crippen LogP contribution in [0.3, 0.4) is 0 Å². The van der Waals surface area contributed by atoms with Crippen LogP contribution in [-0.2, 0) is 23.4 Å². The number of hydrogen-bond donors (Lipinski definition) is 2. The fraction of sp³-hybridized carbons (Fsp3) is 0.667. The van der Waals surface area contributed by atoms with Crippen LogP contribution in [0.4, 0.5) is 0 Å². The van der Waals surface area contributed by atoms with E-state index in [0.717, 1.165) is 6.42 Å². The normalized spacial score (nSPS) is 11.8. The molecule has 1 radical (unpaired) electrons. The van der Waals surface area contributed by atoms with Gasteiger partial charge >= 0.3 is 0 Å². The largest absolute Gasteiger partial charge is 0.368 e. The van der Waals surface area contributed by atoms with Crippen molar-refractivity contribution < 1.29 is 23.4 Å². The summed E-state index contributed by atoms with van der Waals surface area (Å²) in [5.74, 6) is -0.304. The molecule has 1 atom stereocenters. The van der Waals surface area contributed by atoms with Crippen molar-refractivity contribution in [2.24, 2.45) is 5.73 Å². The predicted molar refractivity (Wildman–Crippen MR) is 36.6 cm³/mol. The average molecular weight is 180 g/mol. The zero-order valence-electron chi connectivity index (χ0n) is 6.13. The number of nitrogens with two attached hydrogens (primary N) is 1. The van der Waals surface area contributed by atoms with Crippen molar-refractivity contribution in [2.75, 3.05) is 7.05 Å². The van der Waals surface area contributed by atoms with E-state index in [1.165, 1.54) is 0 Å². The summed E-state index contributed by atoms with van der Waals surface area (Å²) in [6.07, 6.45) is 1.44. The molecule has 0 saturated heterocycles. The summed E-state index contributed by atoms with van der Waals surface area (Å²) in [7, 11) is 1.71. The van der Waals surface area contributed by atoms with Crippen molar-refractivity contribution in [3.8, 4) is 0 Å². The van der Waals surface area contributed by atoms with Gasteiger partial charge < -0.3 is 18.0 Å². The molecule has 0 heterocycles. The molecule has 0 rings (SSSR count). The van der Waals surface area contributed by atoms with Gasteiger partial charge in [-0.05, 0) is 7.05 Å². The first-order valence-electron chi connectivity index (χ1n) is 2.98. The SMILES string of the molecule is [CH2-]CCC(NC)C(N)=O.[V]. The Bertz CT molecular complexity index is 97.7. The van der Waals surface area contributed by atoms with Gasteiger partial charge in [-0.3, -0.25) is 4.79 Å². The molecule has 0 aliphatic carbocycles. The second-order valence-electron chi connectivity index (χ2n) is 1.89. The Morgan fingerprint density at radius 1 is 1.80 bits per heavy atom. The van der Waals surface area contributed by atoms with E-state index in [-0.39, 0.29) is 30.5 Å². The summed E-state index contributed by atoms with van der Waals surface area (Å²) < 4.78 is 0. The van der Waals surface area contributed by atoms with Crippen LogP contribution in [0, 0.1) is 6.92 Å². The van der Waals surface area contributed by atoms with E-state index in [0.29, 0.717) is 6.42 Å². The first kappa shape index (κ1) is 12.7. The Hall–Kier alpha value is 0.0144. The van der Waals surface area contributed by atoms with E-state index in [9.17, 15) is 4.79 Å². The molecule has 0 aromatic carbocycles. The van der Waals surface area contributed by atoms with E-state index in [4.69, 9.17) is 5.73 Å². The van der Waals surface area contributed by atoms with Gasteiger partial charge in [0.05, 0.1) is 6.04 Å².